The third-order valence-corrected chi connectivity index (χ3v) is 2.30. The maximum atomic E-state index is 11.5. The number of aromatic nitrogens is 3. The molecule has 0 bridgehead atoms. The lowest BCUT2D eigenvalue weighted by Crippen LogP contribution is -2.29. The van der Waals surface area contributed by atoms with Crippen molar-refractivity contribution in [3.05, 3.63) is 11.6 Å². The summed E-state index contributed by atoms with van der Waals surface area (Å²) < 4.78 is 4.46. The number of H-pyrrole nitrogens is 1. The van der Waals surface area contributed by atoms with Gasteiger partial charge in [-0.25, -0.2) is 9.78 Å². The Bertz CT molecular complexity index is 426. The van der Waals surface area contributed by atoms with E-state index in [9.17, 15) is 9.59 Å². The molecule has 8 heteroatoms. The van der Waals surface area contributed by atoms with E-state index in [0.29, 0.717) is 5.92 Å². The van der Waals surface area contributed by atoms with Crippen molar-refractivity contribution in [2.45, 2.75) is 18.8 Å². The predicted molar refractivity (Wildman–Crippen MR) is 56.2 cm³/mol. The molecule has 2 amide bonds. The first-order valence-corrected chi connectivity index (χ1v) is 5.29. The fourth-order valence-electron chi connectivity index (χ4n) is 1.31. The molecule has 1 fully saturated rings. The van der Waals surface area contributed by atoms with Crippen molar-refractivity contribution in [2.24, 2.45) is 5.73 Å². The first-order valence-electron chi connectivity index (χ1n) is 5.29. The number of hydrogen-bond donors (Lipinski definition) is 3. The Morgan fingerprint density at radius 3 is 2.94 bits per heavy atom. The molecule has 0 unspecified atom stereocenters. The summed E-state index contributed by atoms with van der Waals surface area (Å²) in [6.45, 7) is 0.204. The summed E-state index contributed by atoms with van der Waals surface area (Å²) in [4.78, 5) is 25.8. The van der Waals surface area contributed by atoms with Gasteiger partial charge in [0, 0.05) is 5.92 Å². The van der Waals surface area contributed by atoms with Crippen molar-refractivity contribution in [1.82, 2.24) is 20.5 Å². The summed E-state index contributed by atoms with van der Waals surface area (Å²) >= 11 is 0. The van der Waals surface area contributed by atoms with E-state index in [1.165, 1.54) is 0 Å². The molecule has 0 aromatic carbocycles. The van der Waals surface area contributed by atoms with E-state index in [2.05, 4.69) is 25.2 Å². The molecule has 1 saturated carbocycles. The van der Waals surface area contributed by atoms with Crippen LogP contribution in [0.3, 0.4) is 0 Å². The van der Waals surface area contributed by atoms with Gasteiger partial charge in [0.05, 0.1) is 6.54 Å². The molecule has 0 atom stereocenters. The Kier molecular flexibility index (Phi) is 3.22. The molecule has 8 nitrogen and oxygen atoms in total. The maximum Gasteiger partial charge on any atom is 0.404 e. The second-order valence-electron chi connectivity index (χ2n) is 3.74. The minimum Gasteiger partial charge on any atom is -0.448 e. The van der Waals surface area contributed by atoms with Gasteiger partial charge in [-0.15, -0.1) is 5.10 Å². The highest BCUT2D eigenvalue weighted by Crippen LogP contribution is 2.37. The van der Waals surface area contributed by atoms with Crippen LogP contribution in [0.5, 0.6) is 0 Å². The molecule has 1 aromatic rings. The van der Waals surface area contributed by atoms with E-state index >= 15 is 0 Å². The van der Waals surface area contributed by atoms with Crippen LogP contribution in [0.2, 0.25) is 0 Å². The number of carbonyl (C=O) groups excluding carboxylic acids is 2. The molecular formula is C9H13N5O3. The van der Waals surface area contributed by atoms with E-state index in [1.807, 2.05) is 0 Å². The van der Waals surface area contributed by atoms with Gasteiger partial charge in [0.2, 0.25) is 5.82 Å². The smallest absolute Gasteiger partial charge is 0.404 e. The second kappa shape index (κ2) is 4.81. The molecule has 0 spiro atoms. The van der Waals surface area contributed by atoms with Crippen LogP contribution in [-0.4, -0.2) is 40.3 Å². The van der Waals surface area contributed by atoms with Gasteiger partial charge in [-0.3, -0.25) is 9.89 Å². The monoisotopic (exact) mass is 239 g/mol. The third kappa shape index (κ3) is 3.16. The standard InChI is InChI=1S/C9H13N5O3/c10-9(16)17-4-3-11-8(15)7-12-6(13-14-7)5-1-2-5/h5H,1-4H2,(H2,10,16)(H,11,15)(H,12,13,14). The van der Waals surface area contributed by atoms with Crippen LogP contribution in [0.4, 0.5) is 4.79 Å². The van der Waals surface area contributed by atoms with Crippen molar-refractivity contribution in [2.75, 3.05) is 13.2 Å². The number of carbonyl (C=O) groups is 2. The number of nitrogens with one attached hydrogen (secondary N) is 2. The fourth-order valence-corrected chi connectivity index (χ4v) is 1.31. The topological polar surface area (TPSA) is 123 Å². The minimum atomic E-state index is -0.867. The summed E-state index contributed by atoms with van der Waals surface area (Å²) in [5, 5.41) is 9.05. The summed E-state index contributed by atoms with van der Waals surface area (Å²) in [6.07, 6.45) is 1.30. The minimum absolute atomic E-state index is 0.0287. The zero-order valence-corrected chi connectivity index (χ0v) is 9.10. The van der Waals surface area contributed by atoms with Crippen LogP contribution in [-0.2, 0) is 4.74 Å². The van der Waals surface area contributed by atoms with Gasteiger partial charge in [0.25, 0.3) is 5.91 Å². The molecule has 92 valence electrons. The molecule has 17 heavy (non-hydrogen) atoms. The fraction of sp³-hybridized carbons (Fsp3) is 0.556. The van der Waals surface area contributed by atoms with Crippen LogP contribution in [0.15, 0.2) is 0 Å². The molecule has 1 aliphatic carbocycles. The third-order valence-electron chi connectivity index (χ3n) is 2.30. The van der Waals surface area contributed by atoms with Crippen LogP contribution >= 0.6 is 0 Å². The lowest BCUT2D eigenvalue weighted by molar-refractivity contribution is 0.0927. The van der Waals surface area contributed by atoms with Gasteiger partial charge < -0.3 is 15.8 Å². The van der Waals surface area contributed by atoms with Gasteiger partial charge in [0.15, 0.2) is 0 Å². The van der Waals surface area contributed by atoms with Gasteiger partial charge in [-0.05, 0) is 12.8 Å². The normalized spacial score (nSPS) is 14.4. The van der Waals surface area contributed by atoms with Crippen molar-refractivity contribution in [3.8, 4) is 0 Å². The zero-order valence-electron chi connectivity index (χ0n) is 9.10. The molecule has 1 heterocycles. The van der Waals surface area contributed by atoms with E-state index < -0.39 is 12.0 Å². The Morgan fingerprint density at radius 2 is 2.29 bits per heavy atom. The molecule has 1 aromatic heterocycles. The number of nitrogens with two attached hydrogens (primary N) is 1. The molecule has 0 radical (unpaired) electrons. The van der Waals surface area contributed by atoms with E-state index in [1.54, 1.807) is 0 Å². The highest BCUT2D eigenvalue weighted by Gasteiger charge is 2.28. The molecule has 0 saturated heterocycles. The average molecular weight is 239 g/mol. The Balaban J connectivity index is 1.76. The maximum absolute atomic E-state index is 11.5. The van der Waals surface area contributed by atoms with Crippen molar-refractivity contribution in [3.63, 3.8) is 0 Å². The molecule has 0 aliphatic heterocycles. The lowest BCUT2D eigenvalue weighted by atomic mass is 10.4. The largest absolute Gasteiger partial charge is 0.448 e. The SMILES string of the molecule is NC(=O)OCCNC(=O)c1n[nH]c(C2CC2)n1. The molecule has 2 rings (SSSR count). The highest BCUT2D eigenvalue weighted by atomic mass is 16.5. The summed E-state index contributed by atoms with van der Waals surface area (Å²) in [5.41, 5.74) is 4.76. The number of aromatic amines is 1. The van der Waals surface area contributed by atoms with Gasteiger partial charge >= 0.3 is 6.09 Å². The van der Waals surface area contributed by atoms with Crippen LogP contribution in [0, 0.1) is 0 Å². The molecule has 4 N–H and O–H groups in total. The molecular weight excluding hydrogens is 226 g/mol. The Hall–Kier alpha value is -2.12. The lowest BCUT2D eigenvalue weighted by Gasteiger charge is -2.01. The summed E-state index contributed by atoms with van der Waals surface area (Å²) in [6, 6.07) is 0. The Labute approximate surface area is 96.9 Å². The van der Waals surface area contributed by atoms with E-state index in [-0.39, 0.29) is 19.0 Å². The number of nitrogens with zero attached hydrogens (tertiary/aromatic N) is 2. The van der Waals surface area contributed by atoms with Gasteiger partial charge in [-0.2, -0.15) is 0 Å². The highest BCUT2D eigenvalue weighted by molar-refractivity contribution is 5.90. The van der Waals surface area contributed by atoms with Crippen LogP contribution in [0.25, 0.3) is 0 Å². The van der Waals surface area contributed by atoms with Crippen molar-refractivity contribution < 1.29 is 14.3 Å². The quantitative estimate of drug-likeness (QED) is 0.598. The number of primary amides is 1. The first kappa shape index (κ1) is 11.4. The summed E-state index contributed by atoms with van der Waals surface area (Å²) in [7, 11) is 0. The van der Waals surface area contributed by atoms with Crippen LogP contribution < -0.4 is 11.1 Å². The van der Waals surface area contributed by atoms with E-state index in [4.69, 9.17) is 5.73 Å². The van der Waals surface area contributed by atoms with Crippen LogP contribution in [0.1, 0.15) is 35.2 Å². The number of ether oxygens (including phenoxy) is 1. The summed E-state index contributed by atoms with van der Waals surface area (Å²) in [5.74, 6) is 0.873. The van der Waals surface area contributed by atoms with E-state index in [0.717, 1.165) is 18.7 Å². The number of hydrogen-bond acceptors (Lipinski definition) is 5. The first-order chi connectivity index (χ1) is 8.16. The van der Waals surface area contributed by atoms with Crippen molar-refractivity contribution >= 4 is 12.0 Å². The van der Waals surface area contributed by atoms with Gasteiger partial charge in [0.1, 0.15) is 12.4 Å². The number of rotatable bonds is 5. The van der Waals surface area contributed by atoms with Crippen molar-refractivity contribution in [1.29, 1.82) is 0 Å². The van der Waals surface area contributed by atoms with Gasteiger partial charge in [-0.1, -0.05) is 0 Å². The predicted octanol–water partition coefficient (Wildman–Crippen LogP) is -0.493. The molecule has 1 aliphatic rings. The Morgan fingerprint density at radius 1 is 1.53 bits per heavy atom. The zero-order chi connectivity index (χ0) is 12.3. The average Bonchev–Trinajstić information content (AvgIpc) is 3.02. The number of amides is 2. The second-order valence-corrected chi connectivity index (χ2v) is 3.74.